The van der Waals surface area contributed by atoms with Crippen molar-refractivity contribution < 1.29 is 19.1 Å². The number of rotatable bonds is 2. The van der Waals surface area contributed by atoms with Crippen LogP contribution in [0.25, 0.3) is 0 Å². The van der Waals surface area contributed by atoms with Gasteiger partial charge >= 0.3 is 11.9 Å². The fourth-order valence-electron chi connectivity index (χ4n) is 0.452. The molecule has 0 saturated heterocycles. The molecule has 0 unspecified atom stereocenters. The number of allylic oxidation sites excluding steroid dienone is 2. The van der Waals surface area contributed by atoms with E-state index in [-0.39, 0.29) is 0 Å². The molecule has 0 aromatic rings. The van der Waals surface area contributed by atoms with Gasteiger partial charge in [0.25, 0.3) is 0 Å². The molecule has 0 rings (SSSR count). The van der Waals surface area contributed by atoms with Crippen LogP contribution >= 0.6 is 0 Å². The molecular formula is C10H10O4. The summed E-state index contributed by atoms with van der Waals surface area (Å²) in [4.78, 5) is 21.1. The first-order valence-corrected chi connectivity index (χ1v) is 3.70. The van der Waals surface area contributed by atoms with Crippen LogP contribution in [-0.2, 0) is 19.1 Å². The molecule has 4 nitrogen and oxygen atoms in total. The van der Waals surface area contributed by atoms with E-state index < -0.39 is 11.9 Å². The molecule has 0 aliphatic rings. The van der Waals surface area contributed by atoms with E-state index in [1.165, 1.54) is 38.5 Å². The van der Waals surface area contributed by atoms with Crippen molar-refractivity contribution in [2.75, 3.05) is 14.2 Å². The van der Waals surface area contributed by atoms with Crippen molar-refractivity contribution in [3.05, 3.63) is 24.3 Å². The highest BCUT2D eigenvalue weighted by Crippen LogP contribution is 1.78. The Kier molecular flexibility index (Phi) is 6.52. The Balaban J connectivity index is 3.96. The summed E-state index contributed by atoms with van der Waals surface area (Å²) < 4.78 is 8.65. The van der Waals surface area contributed by atoms with Gasteiger partial charge in [-0.2, -0.15) is 0 Å². The summed E-state index contributed by atoms with van der Waals surface area (Å²) in [5.74, 6) is 4.06. The normalized spacial score (nSPS) is 9.57. The van der Waals surface area contributed by atoms with Crippen molar-refractivity contribution in [2.45, 2.75) is 0 Å². The Morgan fingerprint density at radius 2 is 1.29 bits per heavy atom. The van der Waals surface area contributed by atoms with Crippen LogP contribution in [0.2, 0.25) is 0 Å². The zero-order valence-corrected chi connectivity index (χ0v) is 7.94. The molecule has 0 radical (unpaired) electrons. The maximum atomic E-state index is 10.5. The van der Waals surface area contributed by atoms with E-state index in [0.717, 1.165) is 0 Å². The molecule has 0 aliphatic carbocycles. The molecule has 74 valence electrons. The van der Waals surface area contributed by atoms with E-state index in [4.69, 9.17) is 0 Å². The van der Waals surface area contributed by atoms with Crippen molar-refractivity contribution in [1.82, 2.24) is 0 Å². The highest BCUT2D eigenvalue weighted by atomic mass is 16.5. The molecule has 14 heavy (non-hydrogen) atoms. The van der Waals surface area contributed by atoms with Gasteiger partial charge in [0.15, 0.2) is 0 Å². The highest BCUT2D eigenvalue weighted by Gasteiger charge is 1.87. The summed E-state index contributed by atoms with van der Waals surface area (Å²) in [5.41, 5.74) is 0. The van der Waals surface area contributed by atoms with Crippen molar-refractivity contribution >= 4 is 11.9 Å². The van der Waals surface area contributed by atoms with Gasteiger partial charge in [0.1, 0.15) is 0 Å². The average molecular weight is 194 g/mol. The molecule has 0 N–H and O–H groups in total. The second-order valence-corrected chi connectivity index (χ2v) is 2.00. The quantitative estimate of drug-likeness (QED) is 0.364. The summed E-state index contributed by atoms with van der Waals surface area (Å²) in [6.07, 6.45) is 5.01. The lowest BCUT2D eigenvalue weighted by molar-refractivity contribution is -0.135. The smallest absolute Gasteiger partial charge is 0.331 e. The van der Waals surface area contributed by atoms with Gasteiger partial charge in [-0.3, -0.25) is 0 Å². The van der Waals surface area contributed by atoms with Gasteiger partial charge < -0.3 is 9.47 Å². The molecule has 0 fully saturated rings. The summed E-state index contributed by atoms with van der Waals surface area (Å²) in [7, 11) is 2.55. The third kappa shape index (κ3) is 6.68. The summed E-state index contributed by atoms with van der Waals surface area (Å²) in [6.45, 7) is 0. The maximum absolute atomic E-state index is 10.5. The molecule has 0 aromatic carbocycles. The number of methoxy groups -OCH3 is 2. The zero-order chi connectivity index (χ0) is 10.8. The molecule has 0 heterocycles. The molecule has 0 saturated carbocycles. The van der Waals surface area contributed by atoms with Crippen LogP contribution in [0, 0.1) is 11.8 Å². The lowest BCUT2D eigenvalue weighted by Crippen LogP contribution is -1.93. The molecule has 0 aromatic heterocycles. The minimum Gasteiger partial charge on any atom is -0.466 e. The van der Waals surface area contributed by atoms with Gasteiger partial charge in [-0.15, -0.1) is 0 Å². The molecule has 0 atom stereocenters. The lowest BCUT2D eigenvalue weighted by Gasteiger charge is -1.85. The van der Waals surface area contributed by atoms with Crippen LogP contribution in [0.3, 0.4) is 0 Å². The Morgan fingerprint density at radius 1 is 0.929 bits per heavy atom. The van der Waals surface area contributed by atoms with Crippen LogP contribution in [-0.4, -0.2) is 26.2 Å². The minimum atomic E-state index is -0.476. The summed E-state index contributed by atoms with van der Waals surface area (Å²) >= 11 is 0. The van der Waals surface area contributed by atoms with Crippen molar-refractivity contribution in [1.29, 1.82) is 0 Å². The summed E-state index contributed by atoms with van der Waals surface area (Å²) in [6, 6.07) is 0. The second-order valence-electron chi connectivity index (χ2n) is 2.00. The van der Waals surface area contributed by atoms with E-state index in [2.05, 4.69) is 21.3 Å². The van der Waals surface area contributed by atoms with Gasteiger partial charge in [0, 0.05) is 12.2 Å². The van der Waals surface area contributed by atoms with Gasteiger partial charge in [-0.05, 0) is 12.2 Å². The van der Waals surface area contributed by atoms with E-state index in [1.54, 1.807) is 0 Å². The molecule has 0 amide bonds. The third-order valence-electron chi connectivity index (χ3n) is 1.09. The predicted molar refractivity (Wildman–Crippen MR) is 50.1 cm³/mol. The first-order valence-electron chi connectivity index (χ1n) is 3.70. The third-order valence-corrected chi connectivity index (χ3v) is 1.09. The van der Waals surface area contributed by atoms with E-state index in [1.807, 2.05) is 0 Å². The molecule has 4 heteroatoms. The van der Waals surface area contributed by atoms with Crippen LogP contribution in [0.4, 0.5) is 0 Å². The maximum Gasteiger partial charge on any atom is 0.331 e. The van der Waals surface area contributed by atoms with Crippen molar-refractivity contribution in [2.24, 2.45) is 0 Å². The number of carbonyl (C=O) groups is 2. The number of esters is 2. The van der Waals surface area contributed by atoms with Crippen molar-refractivity contribution in [3.8, 4) is 11.8 Å². The van der Waals surface area contributed by atoms with Crippen LogP contribution < -0.4 is 0 Å². The summed E-state index contributed by atoms with van der Waals surface area (Å²) in [5, 5.41) is 0. The standard InChI is InChI=1S/C10H10O4/c1-13-9(11)7-5-3-4-6-8-10(12)14-2/h5-8H,1-2H3/b7-5-,8-6+. The SMILES string of the molecule is COC(=O)/C=C\C#C/C=C/C(=O)OC. The number of carbonyl (C=O) groups excluding carboxylic acids is 2. The Bertz CT molecular complexity index is 285. The number of hydrogen-bond acceptors (Lipinski definition) is 4. The Labute approximate surface area is 82.2 Å². The fourth-order valence-corrected chi connectivity index (χ4v) is 0.452. The van der Waals surface area contributed by atoms with Gasteiger partial charge in [0.05, 0.1) is 14.2 Å². The van der Waals surface area contributed by atoms with E-state index >= 15 is 0 Å². The minimum absolute atomic E-state index is 0.476. The van der Waals surface area contributed by atoms with Gasteiger partial charge in [-0.1, -0.05) is 11.8 Å². The van der Waals surface area contributed by atoms with Crippen LogP contribution in [0.5, 0.6) is 0 Å². The lowest BCUT2D eigenvalue weighted by atomic mass is 10.4. The molecule has 0 aliphatic heterocycles. The van der Waals surface area contributed by atoms with Crippen LogP contribution in [0.1, 0.15) is 0 Å². The average Bonchev–Trinajstić information content (AvgIpc) is 2.22. The molecular weight excluding hydrogens is 184 g/mol. The highest BCUT2D eigenvalue weighted by molar-refractivity contribution is 5.83. The van der Waals surface area contributed by atoms with E-state index in [0.29, 0.717) is 0 Å². The first kappa shape index (κ1) is 12.0. The predicted octanol–water partition coefficient (Wildman–Crippen LogP) is 0.448. The largest absolute Gasteiger partial charge is 0.466 e. The Morgan fingerprint density at radius 3 is 1.57 bits per heavy atom. The zero-order valence-electron chi connectivity index (χ0n) is 7.94. The molecule has 0 bridgehead atoms. The van der Waals surface area contributed by atoms with Gasteiger partial charge in [-0.25, -0.2) is 9.59 Å². The molecule has 0 spiro atoms. The van der Waals surface area contributed by atoms with E-state index in [9.17, 15) is 9.59 Å². The second kappa shape index (κ2) is 7.62. The fraction of sp³-hybridized carbons (Fsp3) is 0.200. The topological polar surface area (TPSA) is 52.6 Å². The number of hydrogen-bond donors (Lipinski definition) is 0. The van der Waals surface area contributed by atoms with Gasteiger partial charge in [0.2, 0.25) is 0 Å². The van der Waals surface area contributed by atoms with Crippen LogP contribution in [0.15, 0.2) is 24.3 Å². The van der Waals surface area contributed by atoms with Crippen molar-refractivity contribution in [3.63, 3.8) is 0 Å². The first-order chi connectivity index (χ1) is 6.70. The number of ether oxygens (including phenoxy) is 2. The Hall–Kier alpha value is -2.02. The monoisotopic (exact) mass is 194 g/mol.